The first-order valence-corrected chi connectivity index (χ1v) is 12.7. The van der Waals surface area contributed by atoms with Crippen molar-refractivity contribution < 1.29 is 4.79 Å². The van der Waals surface area contributed by atoms with Crippen LogP contribution in [-0.2, 0) is 24.9 Å². The number of aromatic nitrogens is 4. The Morgan fingerprint density at radius 2 is 1.82 bits per heavy atom. The number of carbonyl (C=O) groups excluding carboxylic acids is 1. The molecule has 0 aliphatic rings. The molecule has 10 heteroatoms. The fourth-order valence-corrected chi connectivity index (χ4v) is 3.85. The Morgan fingerprint density at radius 1 is 1.03 bits per heavy atom. The van der Waals surface area contributed by atoms with Crippen molar-refractivity contribution in [2.45, 2.75) is 20.0 Å². The van der Waals surface area contributed by atoms with Gasteiger partial charge in [0.05, 0.1) is 11.4 Å². The van der Waals surface area contributed by atoms with E-state index >= 15 is 0 Å². The number of amides is 1. The summed E-state index contributed by atoms with van der Waals surface area (Å²) in [4.78, 5) is 23.6. The van der Waals surface area contributed by atoms with E-state index in [-0.39, 0.29) is 5.91 Å². The van der Waals surface area contributed by atoms with Crippen LogP contribution in [0.3, 0.4) is 0 Å². The molecule has 202 valence electrons. The zero-order valence-corrected chi connectivity index (χ0v) is 22.8. The molecular weight excluding hydrogens is 490 g/mol. The number of carbonyl (C=O) groups is 1. The number of hydrogen-bond donors (Lipinski definition) is 4. The molecule has 0 radical (unpaired) electrons. The van der Waals surface area contributed by atoms with Gasteiger partial charge in [-0.05, 0) is 44.8 Å². The van der Waals surface area contributed by atoms with Gasteiger partial charge in [0.1, 0.15) is 5.82 Å². The largest absolute Gasteiger partial charge is 0.340 e. The number of anilines is 5. The van der Waals surface area contributed by atoms with Crippen LogP contribution in [0.5, 0.6) is 0 Å². The van der Waals surface area contributed by atoms with Gasteiger partial charge in [-0.1, -0.05) is 42.5 Å². The normalized spacial score (nSPS) is 11.2. The van der Waals surface area contributed by atoms with E-state index < -0.39 is 0 Å². The van der Waals surface area contributed by atoms with Crippen LogP contribution in [0.1, 0.15) is 16.8 Å². The maximum absolute atomic E-state index is 12.3. The van der Waals surface area contributed by atoms with Crippen LogP contribution in [0.2, 0.25) is 0 Å². The molecular formula is C29H35N9O. The first kappa shape index (κ1) is 27.5. The lowest BCUT2D eigenvalue weighted by molar-refractivity contribution is -0.111. The standard InChI is InChI=1S/C29H35N9O/c1-21-26(20-38(4)36-21)34-29-31-19-23(18-30-17-22-10-6-5-7-11-22)28(35-29)33-25-13-8-12-24(16-25)32-27(39)14-9-15-37(2)3/h5-14,16,19-20,30H,15,17-18H2,1-4H3,(H,32,39)(H2,31,33,34,35)/b14-9+. The highest BCUT2D eigenvalue weighted by atomic mass is 16.1. The second kappa shape index (κ2) is 13.3. The average Bonchev–Trinajstić information content (AvgIpc) is 3.22. The first-order chi connectivity index (χ1) is 18.9. The number of nitrogens with zero attached hydrogens (tertiary/aromatic N) is 5. The van der Waals surface area contributed by atoms with E-state index in [2.05, 4.69) is 43.5 Å². The van der Waals surface area contributed by atoms with Crippen molar-refractivity contribution in [2.75, 3.05) is 36.6 Å². The van der Waals surface area contributed by atoms with E-state index in [4.69, 9.17) is 4.98 Å². The molecule has 4 rings (SSSR count). The van der Waals surface area contributed by atoms with E-state index in [1.165, 1.54) is 5.56 Å². The molecule has 0 spiro atoms. The van der Waals surface area contributed by atoms with Crippen LogP contribution in [0.25, 0.3) is 0 Å². The predicted octanol–water partition coefficient (Wildman–Crippen LogP) is 4.35. The molecule has 0 bridgehead atoms. The number of benzene rings is 2. The Balaban J connectivity index is 1.51. The van der Waals surface area contributed by atoms with Gasteiger partial charge in [-0.25, -0.2) is 4.98 Å². The van der Waals surface area contributed by atoms with Crippen molar-refractivity contribution >= 4 is 34.7 Å². The number of aryl methyl sites for hydroxylation is 2. The molecule has 0 aliphatic carbocycles. The van der Waals surface area contributed by atoms with Crippen molar-refractivity contribution in [3.63, 3.8) is 0 Å². The minimum Gasteiger partial charge on any atom is -0.340 e. The molecule has 0 aliphatic heterocycles. The van der Waals surface area contributed by atoms with Gasteiger partial charge in [0.25, 0.3) is 0 Å². The van der Waals surface area contributed by atoms with Gasteiger partial charge in [-0.3, -0.25) is 9.48 Å². The van der Waals surface area contributed by atoms with Gasteiger partial charge >= 0.3 is 0 Å². The van der Waals surface area contributed by atoms with E-state index in [9.17, 15) is 4.79 Å². The summed E-state index contributed by atoms with van der Waals surface area (Å²) in [5.74, 6) is 0.931. The average molecular weight is 526 g/mol. The summed E-state index contributed by atoms with van der Waals surface area (Å²) in [6.07, 6.45) is 7.06. The monoisotopic (exact) mass is 525 g/mol. The lowest BCUT2D eigenvalue weighted by atomic mass is 10.2. The minimum absolute atomic E-state index is 0.180. The van der Waals surface area contributed by atoms with E-state index in [1.54, 1.807) is 10.8 Å². The number of likely N-dealkylation sites (N-methyl/N-ethyl adjacent to an activating group) is 1. The molecule has 0 saturated heterocycles. The summed E-state index contributed by atoms with van der Waals surface area (Å²) in [6.45, 7) is 3.91. The van der Waals surface area contributed by atoms with Crippen molar-refractivity contribution in [3.05, 3.63) is 96.0 Å². The topological polar surface area (TPSA) is 112 Å². The minimum atomic E-state index is -0.180. The molecule has 0 atom stereocenters. The highest BCUT2D eigenvalue weighted by molar-refractivity contribution is 5.99. The van der Waals surface area contributed by atoms with Crippen molar-refractivity contribution in [3.8, 4) is 0 Å². The first-order valence-electron chi connectivity index (χ1n) is 12.7. The fourth-order valence-electron chi connectivity index (χ4n) is 3.85. The molecule has 39 heavy (non-hydrogen) atoms. The van der Waals surface area contributed by atoms with Crippen LogP contribution >= 0.6 is 0 Å². The molecule has 2 aromatic heterocycles. The molecule has 2 heterocycles. The van der Waals surface area contributed by atoms with Gasteiger partial charge in [-0.2, -0.15) is 10.1 Å². The zero-order valence-electron chi connectivity index (χ0n) is 22.8. The Labute approximate surface area is 229 Å². The number of rotatable bonds is 12. The van der Waals surface area contributed by atoms with Crippen LogP contribution in [0, 0.1) is 6.92 Å². The summed E-state index contributed by atoms with van der Waals surface area (Å²) < 4.78 is 1.74. The molecule has 0 fully saturated rings. The summed E-state index contributed by atoms with van der Waals surface area (Å²) in [7, 11) is 5.78. The van der Waals surface area contributed by atoms with E-state index in [0.717, 1.165) is 29.2 Å². The molecule has 10 nitrogen and oxygen atoms in total. The molecule has 0 saturated carbocycles. The molecule has 4 aromatic rings. The van der Waals surface area contributed by atoms with E-state index in [1.807, 2.05) is 93.9 Å². The Bertz CT molecular complexity index is 1410. The highest BCUT2D eigenvalue weighted by Gasteiger charge is 2.11. The maximum atomic E-state index is 12.3. The number of nitrogens with one attached hydrogen (secondary N) is 4. The van der Waals surface area contributed by atoms with Crippen LogP contribution < -0.4 is 21.3 Å². The van der Waals surface area contributed by atoms with Crippen LogP contribution in [-0.4, -0.2) is 51.2 Å². The Morgan fingerprint density at radius 3 is 2.56 bits per heavy atom. The van der Waals surface area contributed by atoms with Crippen molar-refractivity contribution in [2.24, 2.45) is 7.05 Å². The Kier molecular flexibility index (Phi) is 9.39. The van der Waals surface area contributed by atoms with Gasteiger partial charge in [0.2, 0.25) is 11.9 Å². The van der Waals surface area contributed by atoms with Crippen LogP contribution in [0.15, 0.2) is 79.1 Å². The smallest absolute Gasteiger partial charge is 0.248 e. The van der Waals surface area contributed by atoms with Gasteiger partial charge < -0.3 is 26.2 Å². The van der Waals surface area contributed by atoms with Crippen molar-refractivity contribution in [1.29, 1.82) is 0 Å². The second-order valence-electron chi connectivity index (χ2n) is 9.44. The summed E-state index contributed by atoms with van der Waals surface area (Å²) in [6, 6.07) is 17.8. The van der Waals surface area contributed by atoms with Gasteiger partial charge in [0.15, 0.2) is 0 Å². The van der Waals surface area contributed by atoms with Crippen LogP contribution in [0.4, 0.5) is 28.8 Å². The zero-order chi connectivity index (χ0) is 27.6. The number of hydrogen-bond acceptors (Lipinski definition) is 8. The Hall–Kier alpha value is -4.54. The third-order valence-electron chi connectivity index (χ3n) is 5.74. The van der Waals surface area contributed by atoms with Crippen molar-refractivity contribution in [1.82, 2.24) is 30.0 Å². The maximum Gasteiger partial charge on any atom is 0.248 e. The second-order valence-corrected chi connectivity index (χ2v) is 9.44. The predicted molar refractivity (Wildman–Crippen MR) is 156 cm³/mol. The fraction of sp³-hybridized carbons (Fsp3) is 0.241. The summed E-state index contributed by atoms with van der Waals surface area (Å²) >= 11 is 0. The SMILES string of the molecule is Cc1nn(C)cc1Nc1ncc(CNCc2ccccc2)c(Nc2cccc(NC(=O)/C=C/CN(C)C)c2)n1. The molecule has 0 unspecified atom stereocenters. The van der Waals surface area contributed by atoms with E-state index in [0.29, 0.717) is 30.5 Å². The summed E-state index contributed by atoms with van der Waals surface area (Å²) in [5.41, 5.74) is 5.26. The lowest BCUT2D eigenvalue weighted by Gasteiger charge is -2.14. The van der Waals surface area contributed by atoms with Gasteiger partial charge in [0, 0.05) is 62.1 Å². The molecule has 2 aromatic carbocycles. The summed E-state index contributed by atoms with van der Waals surface area (Å²) in [5, 5.41) is 17.4. The third kappa shape index (κ3) is 8.49. The molecule has 1 amide bonds. The third-order valence-corrected chi connectivity index (χ3v) is 5.74. The highest BCUT2D eigenvalue weighted by Crippen LogP contribution is 2.24. The molecule has 4 N–H and O–H groups in total. The lowest BCUT2D eigenvalue weighted by Crippen LogP contribution is -2.15. The van der Waals surface area contributed by atoms with Gasteiger partial charge in [-0.15, -0.1) is 0 Å². The quantitative estimate of drug-likeness (QED) is 0.202.